The summed E-state index contributed by atoms with van der Waals surface area (Å²) >= 11 is 0. The molecule has 0 aromatic heterocycles. The molecule has 7 nitrogen and oxygen atoms in total. The summed E-state index contributed by atoms with van der Waals surface area (Å²) in [6.07, 6.45) is -6.91. The summed E-state index contributed by atoms with van der Waals surface area (Å²) in [5, 5.41) is 10.4. The van der Waals surface area contributed by atoms with Crippen LogP contribution in [-0.2, 0) is 16.0 Å². The van der Waals surface area contributed by atoms with Gasteiger partial charge in [0.1, 0.15) is 17.1 Å². The van der Waals surface area contributed by atoms with Gasteiger partial charge >= 0.3 is 18.4 Å². The number of esters is 1. The number of aliphatic hydroxyl groups is 1. The minimum atomic E-state index is -4.88. The Morgan fingerprint density at radius 2 is 1.64 bits per heavy atom. The van der Waals surface area contributed by atoms with Crippen LogP contribution in [0.3, 0.4) is 0 Å². The zero-order chi connectivity index (χ0) is 24.8. The van der Waals surface area contributed by atoms with Gasteiger partial charge in [0, 0.05) is 12.6 Å². The van der Waals surface area contributed by atoms with Crippen molar-refractivity contribution >= 4 is 12.1 Å². The first-order valence-corrected chi connectivity index (χ1v) is 10.00. The van der Waals surface area contributed by atoms with Crippen LogP contribution in [0.4, 0.5) is 18.0 Å². The SMILES string of the molecule is CN(CC(O)c1ccc(OC(=O)Cc2ccccc2OC(F)(F)F)cc1)C(=O)OC(C)(C)C. The second kappa shape index (κ2) is 10.6. The van der Waals surface area contributed by atoms with Crippen molar-refractivity contribution in [2.45, 2.75) is 45.3 Å². The van der Waals surface area contributed by atoms with Gasteiger partial charge in [-0.25, -0.2) is 4.79 Å². The molecule has 0 radical (unpaired) electrons. The summed E-state index contributed by atoms with van der Waals surface area (Å²) in [5.41, 5.74) is -0.174. The van der Waals surface area contributed by atoms with Gasteiger partial charge in [-0.1, -0.05) is 30.3 Å². The van der Waals surface area contributed by atoms with Crippen LogP contribution in [-0.4, -0.2) is 47.6 Å². The number of ether oxygens (including phenoxy) is 3. The molecule has 2 aromatic carbocycles. The Hall–Kier alpha value is -3.27. The highest BCUT2D eigenvalue weighted by Crippen LogP contribution is 2.27. The lowest BCUT2D eigenvalue weighted by molar-refractivity contribution is -0.274. The highest BCUT2D eigenvalue weighted by molar-refractivity contribution is 5.76. The average Bonchev–Trinajstić information content (AvgIpc) is 2.67. The molecule has 33 heavy (non-hydrogen) atoms. The number of carbonyl (C=O) groups excluding carboxylic acids is 2. The Morgan fingerprint density at radius 1 is 1.03 bits per heavy atom. The van der Waals surface area contributed by atoms with Crippen molar-refractivity contribution < 1.29 is 42.1 Å². The van der Waals surface area contributed by atoms with E-state index in [1.165, 1.54) is 54.4 Å². The number of hydrogen-bond donors (Lipinski definition) is 1. The van der Waals surface area contributed by atoms with E-state index < -0.39 is 42.3 Å². The van der Waals surface area contributed by atoms with E-state index >= 15 is 0 Å². The molecule has 0 fully saturated rings. The summed E-state index contributed by atoms with van der Waals surface area (Å²) in [6.45, 7) is 5.18. The number of benzene rings is 2. The lowest BCUT2D eigenvalue weighted by Gasteiger charge is -2.26. The van der Waals surface area contributed by atoms with Crippen LogP contribution in [0.25, 0.3) is 0 Å². The number of nitrogens with zero attached hydrogens (tertiary/aromatic N) is 1. The second-order valence-electron chi connectivity index (χ2n) is 8.25. The molecule has 0 aliphatic rings. The standard InChI is InChI=1S/C23H26F3NO6/c1-22(2,3)33-21(30)27(4)14-18(28)15-9-11-17(12-10-15)31-20(29)13-16-7-5-6-8-19(16)32-23(24,25)26/h5-12,18,28H,13-14H2,1-4H3. The van der Waals surface area contributed by atoms with Gasteiger partial charge in [-0.05, 0) is 44.5 Å². The van der Waals surface area contributed by atoms with Crippen LogP contribution in [0.5, 0.6) is 11.5 Å². The van der Waals surface area contributed by atoms with Gasteiger partial charge < -0.3 is 24.2 Å². The van der Waals surface area contributed by atoms with Crippen molar-refractivity contribution in [2.75, 3.05) is 13.6 Å². The van der Waals surface area contributed by atoms with Crippen LogP contribution in [0.1, 0.15) is 38.0 Å². The van der Waals surface area contributed by atoms with Crippen molar-refractivity contribution in [2.24, 2.45) is 0 Å². The molecule has 2 aromatic rings. The molecule has 0 saturated heterocycles. The molecular weight excluding hydrogens is 443 g/mol. The zero-order valence-corrected chi connectivity index (χ0v) is 18.7. The summed E-state index contributed by atoms with van der Waals surface area (Å²) < 4.78 is 51.9. The highest BCUT2D eigenvalue weighted by atomic mass is 19.4. The maximum atomic E-state index is 12.5. The number of halogens is 3. The minimum Gasteiger partial charge on any atom is -0.444 e. The molecule has 0 saturated carbocycles. The molecule has 180 valence electrons. The van der Waals surface area contributed by atoms with Gasteiger partial charge in [-0.15, -0.1) is 13.2 Å². The van der Waals surface area contributed by atoms with Crippen LogP contribution in [0.15, 0.2) is 48.5 Å². The Balaban J connectivity index is 1.95. The number of amides is 1. The fraction of sp³-hybridized carbons (Fsp3) is 0.391. The normalized spacial score (nSPS) is 12.6. The van der Waals surface area contributed by atoms with E-state index in [2.05, 4.69) is 4.74 Å². The summed E-state index contributed by atoms with van der Waals surface area (Å²) in [7, 11) is 1.49. The summed E-state index contributed by atoms with van der Waals surface area (Å²) in [6, 6.07) is 11.2. The summed E-state index contributed by atoms with van der Waals surface area (Å²) in [5.74, 6) is -1.12. The molecule has 0 aliphatic heterocycles. The molecule has 2 rings (SSSR count). The third-order valence-corrected chi connectivity index (χ3v) is 4.18. The van der Waals surface area contributed by atoms with Crippen LogP contribution < -0.4 is 9.47 Å². The number of para-hydroxylation sites is 1. The largest absolute Gasteiger partial charge is 0.573 e. The van der Waals surface area contributed by atoms with E-state index in [-0.39, 0.29) is 17.9 Å². The van der Waals surface area contributed by atoms with Crippen molar-refractivity contribution in [3.8, 4) is 11.5 Å². The van der Waals surface area contributed by atoms with Crippen LogP contribution in [0.2, 0.25) is 0 Å². The number of rotatable bonds is 7. The predicted molar refractivity (Wildman–Crippen MR) is 113 cm³/mol. The first-order valence-electron chi connectivity index (χ1n) is 10.00. The maximum absolute atomic E-state index is 12.5. The number of alkyl halides is 3. The molecule has 1 N–H and O–H groups in total. The molecule has 0 heterocycles. The first-order chi connectivity index (χ1) is 15.2. The average molecular weight is 469 g/mol. The summed E-state index contributed by atoms with van der Waals surface area (Å²) in [4.78, 5) is 25.4. The van der Waals surface area contributed by atoms with E-state index in [9.17, 15) is 27.9 Å². The van der Waals surface area contributed by atoms with E-state index in [0.29, 0.717) is 5.56 Å². The van der Waals surface area contributed by atoms with Gasteiger partial charge in [0.2, 0.25) is 0 Å². The third-order valence-electron chi connectivity index (χ3n) is 4.18. The maximum Gasteiger partial charge on any atom is 0.573 e. The molecule has 1 atom stereocenters. The van der Waals surface area contributed by atoms with Crippen molar-refractivity contribution in [1.82, 2.24) is 4.90 Å². The fourth-order valence-corrected chi connectivity index (χ4v) is 2.73. The predicted octanol–water partition coefficient (Wildman–Crippen LogP) is 4.63. The van der Waals surface area contributed by atoms with Gasteiger partial charge in [-0.3, -0.25) is 4.79 Å². The first kappa shape index (κ1) is 26.0. The Kier molecular flexibility index (Phi) is 8.32. The molecular formula is C23H26F3NO6. The fourth-order valence-electron chi connectivity index (χ4n) is 2.73. The lowest BCUT2D eigenvalue weighted by atomic mass is 10.1. The van der Waals surface area contributed by atoms with Gasteiger partial charge in [-0.2, -0.15) is 0 Å². The van der Waals surface area contributed by atoms with Gasteiger partial charge in [0.25, 0.3) is 0 Å². The molecule has 1 amide bonds. The number of carbonyl (C=O) groups is 2. The van der Waals surface area contributed by atoms with E-state index in [1.54, 1.807) is 20.8 Å². The van der Waals surface area contributed by atoms with E-state index in [1.807, 2.05) is 0 Å². The molecule has 10 heteroatoms. The van der Waals surface area contributed by atoms with Gasteiger partial charge in [0.15, 0.2) is 0 Å². The number of aliphatic hydroxyl groups excluding tert-OH is 1. The highest BCUT2D eigenvalue weighted by Gasteiger charge is 2.32. The lowest BCUT2D eigenvalue weighted by Crippen LogP contribution is -2.36. The molecule has 0 aliphatic carbocycles. The van der Waals surface area contributed by atoms with Crippen LogP contribution in [0, 0.1) is 0 Å². The topological polar surface area (TPSA) is 85.3 Å². The molecule has 1 unspecified atom stereocenters. The minimum absolute atomic E-state index is 0.0238. The Morgan fingerprint density at radius 3 is 2.21 bits per heavy atom. The van der Waals surface area contributed by atoms with Gasteiger partial charge in [0.05, 0.1) is 19.1 Å². The van der Waals surface area contributed by atoms with E-state index in [0.717, 1.165) is 6.07 Å². The van der Waals surface area contributed by atoms with Crippen molar-refractivity contribution in [3.05, 3.63) is 59.7 Å². The number of hydrogen-bond acceptors (Lipinski definition) is 6. The second-order valence-corrected chi connectivity index (χ2v) is 8.25. The van der Waals surface area contributed by atoms with Crippen molar-refractivity contribution in [3.63, 3.8) is 0 Å². The third kappa shape index (κ3) is 9.01. The van der Waals surface area contributed by atoms with Crippen LogP contribution >= 0.6 is 0 Å². The zero-order valence-electron chi connectivity index (χ0n) is 18.7. The molecule has 0 bridgehead atoms. The van der Waals surface area contributed by atoms with E-state index in [4.69, 9.17) is 9.47 Å². The Labute approximate surface area is 189 Å². The Bertz CT molecular complexity index is 954. The smallest absolute Gasteiger partial charge is 0.444 e. The van der Waals surface area contributed by atoms with Crippen molar-refractivity contribution in [1.29, 1.82) is 0 Å². The quantitative estimate of drug-likeness (QED) is 0.470. The monoisotopic (exact) mass is 469 g/mol. The number of likely N-dealkylation sites (N-methyl/N-ethyl adjacent to an activating group) is 1. The molecule has 0 spiro atoms.